The van der Waals surface area contributed by atoms with Crippen LogP contribution < -0.4 is 48.0 Å². The van der Waals surface area contributed by atoms with Crippen LogP contribution in [-0.4, -0.2) is 72.8 Å². The Morgan fingerprint density at radius 1 is 0.609 bits per heavy atom. The van der Waals surface area contributed by atoms with Crippen molar-refractivity contribution in [2.24, 2.45) is 0 Å². The van der Waals surface area contributed by atoms with Crippen LogP contribution in [0.25, 0.3) is 0 Å². The van der Waals surface area contributed by atoms with Crippen molar-refractivity contribution in [3.63, 3.8) is 0 Å². The molecule has 2 heterocycles. The minimum absolute atomic E-state index is 0. The summed E-state index contributed by atoms with van der Waals surface area (Å²) in [5.41, 5.74) is 0. The third-order valence-corrected chi connectivity index (χ3v) is 7.23. The molecular weight excluding hydrogens is 530 g/mol. The second-order valence-corrected chi connectivity index (χ2v) is 8.62. The fraction of sp³-hybridized carbons (Fsp3) is 1.00. The normalized spacial score (nSPS) is 22.7. The molecule has 0 aromatic rings. The smallest absolute Gasteiger partial charge is 0.0878 e. The number of piperidine rings is 2. The summed E-state index contributed by atoms with van der Waals surface area (Å²) < 4.78 is 2.83. The monoisotopic (exact) mass is 568 g/mol. The first-order valence-corrected chi connectivity index (χ1v) is 10.7. The summed E-state index contributed by atoms with van der Waals surface area (Å²) in [6.45, 7) is 16.2. The van der Waals surface area contributed by atoms with Crippen LogP contribution in [-0.2, 0) is 0 Å². The van der Waals surface area contributed by atoms with Gasteiger partial charge in [0.15, 0.2) is 0 Å². The minimum Gasteiger partial charge on any atom is -1.00 e. The molecule has 23 heavy (non-hydrogen) atoms. The van der Waals surface area contributed by atoms with E-state index in [1.54, 1.807) is 0 Å². The largest absolute Gasteiger partial charge is 1.00 e. The van der Waals surface area contributed by atoms with Gasteiger partial charge in [-0.25, -0.2) is 0 Å². The molecule has 0 atom stereocenters. The molecule has 0 aliphatic carbocycles. The molecule has 0 aromatic heterocycles. The van der Waals surface area contributed by atoms with E-state index in [2.05, 4.69) is 25.6 Å². The van der Waals surface area contributed by atoms with Crippen molar-refractivity contribution < 1.29 is 56.9 Å². The van der Waals surface area contributed by atoms with E-state index in [1.165, 1.54) is 111 Å². The summed E-state index contributed by atoms with van der Waals surface area (Å²) in [4.78, 5) is 0. The zero-order valence-corrected chi connectivity index (χ0v) is 20.5. The van der Waals surface area contributed by atoms with Crippen LogP contribution in [0.15, 0.2) is 0 Å². The highest BCUT2D eigenvalue weighted by Crippen LogP contribution is 2.22. The lowest BCUT2D eigenvalue weighted by Crippen LogP contribution is -3.00. The Bertz CT molecular complexity index is 263. The maximum atomic E-state index is 2.40. The summed E-state index contributed by atoms with van der Waals surface area (Å²) in [6, 6.07) is 0. The standard InChI is InChI=1S/C18H38N2S.2HI/c1-3-19(11-7-5-8-12-19)15-17-21-18-16-20(4-2)13-9-6-10-14-20;;/h3-18H2,1-2H3;2*1H/q+2;;/p-2. The van der Waals surface area contributed by atoms with Gasteiger partial charge in [0.25, 0.3) is 0 Å². The molecule has 2 nitrogen and oxygen atoms in total. The molecule has 2 fully saturated rings. The van der Waals surface area contributed by atoms with E-state index < -0.39 is 0 Å². The molecule has 2 aliphatic heterocycles. The minimum atomic E-state index is 0. The van der Waals surface area contributed by atoms with Gasteiger partial charge in [0, 0.05) is 11.5 Å². The van der Waals surface area contributed by atoms with Gasteiger partial charge in [0.05, 0.1) is 52.4 Å². The van der Waals surface area contributed by atoms with Crippen molar-refractivity contribution in [2.45, 2.75) is 52.4 Å². The van der Waals surface area contributed by atoms with Crippen molar-refractivity contribution in [1.29, 1.82) is 0 Å². The Hall–Kier alpha value is 1.73. The lowest BCUT2D eigenvalue weighted by molar-refractivity contribution is -0.929. The van der Waals surface area contributed by atoms with Gasteiger partial charge in [-0.1, -0.05) is 0 Å². The molecule has 0 amide bonds. The summed E-state index contributed by atoms with van der Waals surface area (Å²) >= 11 is 2.24. The number of rotatable bonds is 8. The second kappa shape index (κ2) is 13.0. The second-order valence-electron chi connectivity index (χ2n) is 7.39. The molecule has 0 bridgehead atoms. The summed E-state index contributed by atoms with van der Waals surface area (Å²) in [5.74, 6) is 2.77. The van der Waals surface area contributed by atoms with E-state index in [9.17, 15) is 0 Å². The summed E-state index contributed by atoms with van der Waals surface area (Å²) in [6.07, 6.45) is 8.82. The van der Waals surface area contributed by atoms with Gasteiger partial charge in [-0.2, -0.15) is 11.8 Å². The summed E-state index contributed by atoms with van der Waals surface area (Å²) in [5, 5.41) is 0. The first-order chi connectivity index (χ1) is 10.2. The van der Waals surface area contributed by atoms with Gasteiger partial charge in [-0.15, -0.1) is 0 Å². The molecule has 0 unspecified atom stereocenters. The molecule has 140 valence electrons. The highest BCUT2D eigenvalue weighted by molar-refractivity contribution is 7.99. The fourth-order valence-corrected chi connectivity index (χ4v) is 5.62. The average molecular weight is 568 g/mol. The molecule has 0 spiro atoms. The maximum absolute atomic E-state index is 2.40. The molecule has 0 N–H and O–H groups in total. The molecule has 0 saturated carbocycles. The Morgan fingerprint density at radius 2 is 0.957 bits per heavy atom. The Balaban J connectivity index is 0.00000242. The van der Waals surface area contributed by atoms with E-state index in [-0.39, 0.29) is 48.0 Å². The van der Waals surface area contributed by atoms with Crippen LogP contribution in [0.4, 0.5) is 0 Å². The van der Waals surface area contributed by atoms with Crippen molar-refractivity contribution in [3.8, 4) is 0 Å². The predicted molar refractivity (Wildman–Crippen MR) is 95.8 cm³/mol. The van der Waals surface area contributed by atoms with Crippen LogP contribution >= 0.6 is 11.8 Å². The Kier molecular flexibility index (Phi) is 14.0. The van der Waals surface area contributed by atoms with E-state index in [0.717, 1.165) is 0 Å². The zero-order chi connectivity index (χ0) is 15.0. The van der Waals surface area contributed by atoms with E-state index in [4.69, 9.17) is 0 Å². The number of quaternary nitrogens is 2. The molecule has 2 aliphatic rings. The van der Waals surface area contributed by atoms with Gasteiger partial charge in [0.1, 0.15) is 0 Å². The number of hydrogen-bond acceptors (Lipinski definition) is 1. The third-order valence-electron chi connectivity index (χ3n) is 6.29. The Morgan fingerprint density at radius 3 is 1.26 bits per heavy atom. The maximum Gasteiger partial charge on any atom is 0.0878 e. The topological polar surface area (TPSA) is 0 Å². The third kappa shape index (κ3) is 7.87. The van der Waals surface area contributed by atoms with Crippen LogP contribution in [0.3, 0.4) is 0 Å². The van der Waals surface area contributed by atoms with Gasteiger partial charge in [0.2, 0.25) is 0 Å². The highest BCUT2D eigenvalue weighted by atomic mass is 127. The lowest BCUT2D eigenvalue weighted by Gasteiger charge is -2.41. The number of likely N-dealkylation sites (tertiary alicyclic amines) is 2. The molecule has 2 saturated heterocycles. The van der Waals surface area contributed by atoms with E-state index in [0.29, 0.717) is 0 Å². The number of halogens is 2. The van der Waals surface area contributed by atoms with Crippen molar-refractivity contribution in [3.05, 3.63) is 0 Å². The molecule has 0 radical (unpaired) electrons. The van der Waals surface area contributed by atoms with Gasteiger partial charge < -0.3 is 56.9 Å². The molecule has 5 heteroatoms. The molecule has 0 aromatic carbocycles. The van der Waals surface area contributed by atoms with Crippen molar-refractivity contribution >= 4 is 11.8 Å². The van der Waals surface area contributed by atoms with Crippen LogP contribution in [0, 0.1) is 0 Å². The molecular formula is C18H38I2N2S. The van der Waals surface area contributed by atoms with Gasteiger partial charge in [-0.3, -0.25) is 0 Å². The first-order valence-electron chi connectivity index (χ1n) is 9.52. The van der Waals surface area contributed by atoms with E-state index >= 15 is 0 Å². The van der Waals surface area contributed by atoms with Crippen LogP contribution in [0.1, 0.15) is 52.4 Å². The van der Waals surface area contributed by atoms with Crippen LogP contribution in [0.2, 0.25) is 0 Å². The molecule has 2 rings (SSSR count). The van der Waals surface area contributed by atoms with Gasteiger partial charge in [-0.05, 0) is 52.4 Å². The Labute approximate surface area is 183 Å². The predicted octanol–water partition coefficient (Wildman–Crippen LogP) is -2.23. The quantitative estimate of drug-likeness (QED) is 0.182. The lowest BCUT2D eigenvalue weighted by atomic mass is 10.1. The van der Waals surface area contributed by atoms with Gasteiger partial charge >= 0.3 is 0 Å². The fourth-order valence-electron chi connectivity index (χ4n) is 4.38. The van der Waals surface area contributed by atoms with Crippen molar-refractivity contribution in [2.75, 3.05) is 63.9 Å². The average Bonchev–Trinajstić information content (AvgIpc) is 2.56. The zero-order valence-electron chi connectivity index (χ0n) is 15.4. The first kappa shape index (κ1) is 24.7. The number of nitrogens with zero attached hydrogens (tertiary/aromatic N) is 2. The number of hydrogen-bond donors (Lipinski definition) is 0. The van der Waals surface area contributed by atoms with Crippen molar-refractivity contribution in [1.82, 2.24) is 0 Å². The summed E-state index contributed by atoms with van der Waals surface area (Å²) in [7, 11) is 0. The van der Waals surface area contributed by atoms with E-state index in [1.807, 2.05) is 0 Å². The highest BCUT2D eigenvalue weighted by Gasteiger charge is 2.29. The number of thioether (sulfide) groups is 1. The van der Waals surface area contributed by atoms with Crippen LogP contribution in [0.5, 0.6) is 0 Å². The SMILES string of the molecule is CC[N+]1(CCSCC[N+]2(CC)CCCCC2)CCCCC1.[I-].[I-].